The Labute approximate surface area is 128 Å². The largest absolute Gasteiger partial charge is 0.376 e. The number of ether oxygens (including phenoxy) is 1. The second-order valence-electron chi connectivity index (χ2n) is 6.43. The van der Waals surface area contributed by atoms with Crippen molar-refractivity contribution < 1.29 is 9.53 Å². The molecule has 1 saturated heterocycles. The van der Waals surface area contributed by atoms with E-state index >= 15 is 0 Å². The molecule has 0 aromatic rings. The first-order valence-electron chi connectivity index (χ1n) is 8.49. The molecule has 0 spiro atoms. The summed E-state index contributed by atoms with van der Waals surface area (Å²) in [6.45, 7) is 7.62. The zero-order chi connectivity index (χ0) is 14.9. The van der Waals surface area contributed by atoms with Crippen molar-refractivity contribution in [1.29, 1.82) is 0 Å². The van der Waals surface area contributed by atoms with E-state index < -0.39 is 0 Å². The Morgan fingerprint density at radius 1 is 1.24 bits per heavy atom. The van der Waals surface area contributed by atoms with Crippen molar-refractivity contribution in [2.75, 3.05) is 32.8 Å². The second kappa shape index (κ2) is 9.21. The van der Waals surface area contributed by atoms with Gasteiger partial charge in [-0.1, -0.05) is 25.3 Å². The lowest BCUT2D eigenvalue weighted by Crippen LogP contribution is -2.42. The Balaban J connectivity index is 1.69. The van der Waals surface area contributed by atoms with Gasteiger partial charge in [-0.05, 0) is 31.6 Å². The van der Waals surface area contributed by atoms with Crippen LogP contribution in [0.5, 0.6) is 0 Å². The van der Waals surface area contributed by atoms with E-state index in [2.05, 4.69) is 16.8 Å². The summed E-state index contributed by atoms with van der Waals surface area (Å²) in [6, 6.07) is 0. The minimum atomic E-state index is 0.114. The molecule has 1 aliphatic carbocycles. The summed E-state index contributed by atoms with van der Waals surface area (Å²) in [6.07, 6.45) is 11.0. The highest BCUT2D eigenvalue weighted by molar-refractivity contribution is 5.78. The van der Waals surface area contributed by atoms with E-state index in [0.717, 1.165) is 38.5 Å². The Hall–Kier alpha value is -0.870. The van der Waals surface area contributed by atoms with E-state index in [1.807, 2.05) is 6.08 Å². The Morgan fingerprint density at radius 3 is 2.71 bits per heavy atom. The van der Waals surface area contributed by atoms with Gasteiger partial charge in [0.15, 0.2) is 0 Å². The summed E-state index contributed by atoms with van der Waals surface area (Å²) in [5.74, 6) is 0.868. The summed E-state index contributed by atoms with van der Waals surface area (Å²) < 4.78 is 5.53. The SMILES string of the molecule is C=CCN(CC(=O)NCC1CCCO1)CC1CCCCC1. The van der Waals surface area contributed by atoms with Gasteiger partial charge in [-0.25, -0.2) is 0 Å². The summed E-state index contributed by atoms with van der Waals surface area (Å²) in [4.78, 5) is 14.3. The first kappa shape index (κ1) is 16.5. The second-order valence-corrected chi connectivity index (χ2v) is 6.43. The van der Waals surface area contributed by atoms with E-state index in [1.54, 1.807) is 0 Å². The summed E-state index contributed by atoms with van der Waals surface area (Å²) >= 11 is 0. The average Bonchev–Trinajstić information content (AvgIpc) is 3.00. The lowest BCUT2D eigenvalue weighted by atomic mass is 9.89. The molecule has 1 aliphatic heterocycles. The van der Waals surface area contributed by atoms with Crippen LogP contribution in [0, 0.1) is 5.92 Å². The van der Waals surface area contributed by atoms with Crippen LogP contribution < -0.4 is 5.32 Å². The monoisotopic (exact) mass is 294 g/mol. The molecule has 1 unspecified atom stereocenters. The van der Waals surface area contributed by atoms with Crippen molar-refractivity contribution in [3.63, 3.8) is 0 Å². The van der Waals surface area contributed by atoms with Gasteiger partial charge in [0.2, 0.25) is 5.91 Å². The standard InChI is InChI=1S/C17H30N2O2/c1-2-10-19(13-15-7-4-3-5-8-15)14-17(20)18-12-16-9-6-11-21-16/h2,15-16H,1,3-14H2,(H,18,20). The number of rotatable bonds is 8. The Morgan fingerprint density at radius 2 is 2.05 bits per heavy atom. The van der Waals surface area contributed by atoms with Gasteiger partial charge in [-0.3, -0.25) is 9.69 Å². The van der Waals surface area contributed by atoms with Crippen LogP contribution in [0.15, 0.2) is 12.7 Å². The minimum Gasteiger partial charge on any atom is -0.376 e. The number of hydrogen-bond acceptors (Lipinski definition) is 3. The quantitative estimate of drug-likeness (QED) is 0.699. The van der Waals surface area contributed by atoms with Crippen molar-refractivity contribution in [2.45, 2.75) is 51.0 Å². The molecule has 2 rings (SSSR count). The van der Waals surface area contributed by atoms with Crippen LogP contribution in [0.1, 0.15) is 44.9 Å². The highest BCUT2D eigenvalue weighted by Gasteiger charge is 2.20. The highest BCUT2D eigenvalue weighted by Crippen LogP contribution is 2.24. The molecular weight excluding hydrogens is 264 g/mol. The maximum Gasteiger partial charge on any atom is 0.234 e. The van der Waals surface area contributed by atoms with Crippen LogP contribution >= 0.6 is 0 Å². The van der Waals surface area contributed by atoms with Crippen molar-refractivity contribution >= 4 is 5.91 Å². The summed E-state index contributed by atoms with van der Waals surface area (Å²) in [7, 11) is 0. The first-order chi connectivity index (χ1) is 10.3. The predicted octanol–water partition coefficient (Wildman–Crippen LogP) is 2.35. The third kappa shape index (κ3) is 6.18. The van der Waals surface area contributed by atoms with Crippen molar-refractivity contribution in [3.05, 3.63) is 12.7 Å². The van der Waals surface area contributed by atoms with Crippen LogP contribution in [-0.4, -0.2) is 49.7 Å². The molecule has 0 aromatic heterocycles. The van der Waals surface area contributed by atoms with Gasteiger partial charge in [-0.2, -0.15) is 0 Å². The molecule has 1 amide bonds. The normalized spacial score (nSPS) is 23.4. The fourth-order valence-corrected chi connectivity index (χ4v) is 3.41. The summed E-state index contributed by atoms with van der Waals surface area (Å²) in [5.41, 5.74) is 0. The predicted molar refractivity (Wildman–Crippen MR) is 85.2 cm³/mol. The molecular formula is C17H30N2O2. The van der Waals surface area contributed by atoms with Gasteiger partial charge < -0.3 is 10.1 Å². The highest BCUT2D eigenvalue weighted by atomic mass is 16.5. The van der Waals surface area contributed by atoms with Gasteiger partial charge in [0.05, 0.1) is 12.6 Å². The molecule has 4 nitrogen and oxygen atoms in total. The lowest BCUT2D eigenvalue weighted by molar-refractivity contribution is -0.122. The van der Waals surface area contributed by atoms with Gasteiger partial charge in [0.1, 0.15) is 0 Å². The number of nitrogens with zero attached hydrogens (tertiary/aromatic N) is 1. The van der Waals surface area contributed by atoms with Crippen molar-refractivity contribution in [3.8, 4) is 0 Å². The van der Waals surface area contributed by atoms with Gasteiger partial charge in [0.25, 0.3) is 0 Å². The Bertz CT molecular complexity index is 321. The molecule has 1 saturated carbocycles. The van der Waals surface area contributed by atoms with Crippen molar-refractivity contribution in [2.24, 2.45) is 5.92 Å². The molecule has 0 bridgehead atoms. The first-order valence-corrected chi connectivity index (χ1v) is 8.49. The molecule has 120 valence electrons. The van der Waals surface area contributed by atoms with E-state index in [9.17, 15) is 4.79 Å². The van der Waals surface area contributed by atoms with Crippen LogP contribution in [0.25, 0.3) is 0 Å². The molecule has 1 atom stereocenters. The van der Waals surface area contributed by atoms with Crippen LogP contribution in [-0.2, 0) is 9.53 Å². The molecule has 1 N–H and O–H groups in total. The van der Waals surface area contributed by atoms with E-state index in [1.165, 1.54) is 32.1 Å². The minimum absolute atomic E-state index is 0.114. The average molecular weight is 294 g/mol. The van der Waals surface area contributed by atoms with E-state index in [0.29, 0.717) is 13.1 Å². The number of carbonyl (C=O) groups is 1. The van der Waals surface area contributed by atoms with E-state index in [4.69, 9.17) is 4.74 Å². The van der Waals surface area contributed by atoms with Gasteiger partial charge in [0, 0.05) is 26.2 Å². The maximum atomic E-state index is 12.1. The molecule has 4 heteroatoms. The molecule has 2 aliphatic rings. The number of nitrogens with one attached hydrogen (secondary N) is 1. The topological polar surface area (TPSA) is 41.6 Å². The van der Waals surface area contributed by atoms with E-state index in [-0.39, 0.29) is 12.0 Å². The number of carbonyl (C=O) groups excluding carboxylic acids is 1. The molecule has 0 radical (unpaired) electrons. The third-order valence-corrected chi connectivity index (χ3v) is 4.55. The zero-order valence-corrected chi connectivity index (χ0v) is 13.2. The fourth-order valence-electron chi connectivity index (χ4n) is 3.41. The van der Waals surface area contributed by atoms with Crippen molar-refractivity contribution in [1.82, 2.24) is 10.2 Å². The van der Waals surface area contributed by atoms with Crippen LogP contribution in [0.2, 0.25) is 0 Å². The Kier molecular flexibility index (Phi) is 7.24. The molecule has 0 aromatic carbocycles. The molecule has 21 heavy (non-hydrogen) atoms. The fraction of sp³-hybridized carbons (Fsp3) is 0.824. The smallest absolute Gasteiger partial charge is 0.234 e. The molecule has 2 fully saturated rings. The van der Waals surface area contributed by atoms with Gasteiger partial charge >= 0.3 is 0 Å². The number of amides is 1. The maximum absolute atomic E-state index is 12.1. The van der Waals surface area contributed by atoms with Crippen LogP contribution in [0.4, 0.5) is 0 Å². The van der Waals surface area contributed by atoms with Crippen LogP contribution in [0.3, 0.4) is 0 Å². The third-order valence-electron chi connectivity index (χ3n) is 4.55. The molecule has 1 heterocycles. The lowest BCUT2D eigenvalue weighted by Gasteiger charge is -2.28. The summed E-state index contributed by atoms with van der Waals surface area (Å²) in [5, 5.41) is 3.01. The number of hydrogen-bond donors (Lipinski definition) is 1. The van der Waals surface area contributed by atoms with Gasteiger partial charge in [-0.15, -0.1) is 6.58 Å². The zero-order valence-electron chi connectivity index (χ0n) is 13.2.